The van der Waals surface area contributed by atoms with Gasteiger partial charge in [0.15, 0.2) is 0 Å². The zero-order chi connectivity index (χ0) is 13.1. The quantitative estimate of drug-likeness (QED) is 0.640. The minimum Gasteiger partial charge on any atom is -0.308 e. The summed E-state index contributed by atoms with van der Waals surface area (Å²) in [6.45, 7) is 5.34. The first-order valence-corrected chi connectivity index (χ1v) is 7.40. The van der Waals surface area contributed by atoms with E-state index in [2.05, 4.69) is 36.2 Å². The van der Waals surface area contributed by atoms with E-state index in [0.717, 1.165) is 23.8 Å². The summed E-state index contributed by atoms with van der Waals surface area (Å²) in [6.07, 6.45) is 0. The van der Waals surface area contributed by atoms with Gasteiger partial charge in [0.05, 0.1) is 6.04 Å². The molecule has 6 heteroatoms. The largest absolute Gasteiger partial charge is 0.308 e. The molecule has 18 heavy (non-hydrogen) atoms. The molecule has 0 aliphatic carbocycles. The molecule has 2 heterocycles. The van der Waals surface area contributed by atoms with Crippen LogP contribution in [0.1, 0.15) is 37.3 Å². The third-order valence-corrected chi connectivity index (χ3v) is 4.22. The zero-order valence-electron chi connectivity index (χ0n) is 11.2. The second-order valence-electron chi connectivity index (χ2n) is 4.91. The first-order valence-electron chi connectivity index (χ1n) is 6.25. The van der Waals surface area contributed by atoms with E-state index in [1.165, 1.54) is 5.75 Å². The van der Waals surface area contributed by atoms with E-state index in [0.29, 0.717) is 11.7 Å². The first-order chi connectivity index (χ1) is 8.61. The third-order valence-electron chi connectivity index (χ3n) is 3.20. The van der Waals surface area contributed by atoms with Crippen LogP contribution >= 0.6 is 11.8 Å². The number of hydrazine groups is 1. The van der Waals surface area contributed by atoms with Gasteiger partial charge in [0.2, 0.25) is 0 Å². The van der Waals surface area contributed by atoms with Gasteiger partial charge in [0.1, 0.15) is 11.6 Å². The van der Waals surface area contributed by atoms with Crippen LogP contribution in [0.15, 0.2) is 6.07 Å². The van der Waals surface area contributed by atoms with E-state index >= 15 is 0 Å². The van der Waals surface area contributed by atoms with Crippen molar-refractivity contribution in [3.63, 3.8) is 0 Å². The Balaban J connectivity index is 2.33. The summed E-state index contributed by atoms with van der Waals surface area (Å²) in [4.78, 5) is 11.5. The van der Waals surface area contributed by atoms with Crippen LogP contribution < -0.4 is 11.3 Å². The molecule has 0 amide bonds. The Morgan fingerprint density at radius 2 is 2.28 bits per heavy atom. The third kappa shape index (κ3) is 2.93. The van der Waals surface area contributed by atoms with Gasteiger partial charge in [-0.2, -0.15) is 11.8 Å². The fourth-order valence-corrected chi connectivity index (χ4v) is 3.17. The SMILES string of the molecule is CC(C)c1cc(NN)nc(C2CSCCN2C)n1. The number of hydrogen-bond donors (Lipinski definition) is 2. The van der Waals surface area contributed by atoms with Crippen LogP contribution in [0.2, 0.25) is 0 Å². The van der Waals surface area contributed by atoms with Crippen LogP contribution in [0, 0.1) is 0 Å². The van der Waals surface area contributed by atoms with Crippen molar-refractivity contribution in [2.45, 2.75) is 25.8 Å². The number of thioether (sulfide) groups is 1. The highest BCUT2D eigenvalue weighted by molar-refractivity contribution is 7.99. The van der Waals surface area contributed by atoms with Gasteiger partial charge in [-0.1, -0.05) is 13.8 Å². The van der Waals surface area contributed by atoms with Crippen LogP contribution in [-0.4, -0.2) is 40.0 Å². The Labute approximate surface area is 113 Å². The lowest BCUT2D eigenvalue weighted by Crippen LogP contribution is -2.34. The summed E-state index contributed by atoms with van der Waals surface area (Å²) in [5.41, 5.74) is 3.68. The summed E-state index contributed by atoms with van der Waals surface area (Å²) < 4.78 is 0. The highest BCUT2D eigenvalue weighted by Gasteiger charge is 2.24. The maximum Gasteiger partial charge on any atom is 0.149 e. The van der Waals surface area contributed by atoms with E-state index in [1.807, 2.05) is 17.8 Å². The molecule has 1 aliphatic rings. The minimum absolute atomic E-state index is 0.287. The van der Waals surface area contributed by atoms with Gasteiger partial charge in [0, 0.05) is 29.8 Å². The number of hydrogen-bond acceptors (Lipinski definition) is 6. The normalized spacial score (nSPS) is 21.3. The predicted molar refractivity (Wildman–Crippen MR) is 76.6 cm³/mol. The molecule has 1 unspecified atom stereocenters. The van der Waals surface area contributed by atoms with E-state index in [-0.39, 0.29) is 6.04 Å². The number of nitrogens with zero attached hydrogens (tertiary/aromatic N) is 3. The van der Waals surface area contributed by atoms with Gasteiger partial charge in [-0.15, -0.1) is 0 Å². The minimum atomic E-state index is 0.287. The molecule has 1 atom stereocenters. The topological polar surface area (TPSA) is 67.1 Å². The highest BCUT2D eigenvalue weighted by Crippen LogP contribution is 2.27. The van der Waals surface area contributed by atoms with E-state index in [4.69, 9.17) is 10.8 Å². The van der Waals surface area contributed by atoms with E-state index in [9.17, 15) is 0 Å². The lowest BCUT2D eigenvalue weighted by molar-refractivity contribution is 0.264. The van der Waals surface area contributed by atoms with Gasteiger partial charge < -0.3 is 5.43 Å². The van der Waals surface area contributed by atoms with Crippen molar-refractivity contribution in [3.8, 4) is 0 Å². The zero-order valence-corrected chi connectivity index (χ0v) is 12.0. The number of rotatable bonds is 3. The monoisotopic (exact) mass is 267 g/mol. The van der Waals surface area contributed by atoms with Crippen molar-refractivity contribution < 1.29 is 0 Å². The molecule has 0 saturated carbocycles. The molecule has 0 spiro atoms. The number of nitrogens with two attached hydrogens (primary N) is 1. The Hall–Kier alpha value is -0.850. The van der Waals surface area contributed by atoms with Crippen LogP contribution in [0.4, 0.5) is 5.82 Å². The molecule has 1 aliphatic heterocycles. The fourth-order valence-electron chi connectivity index (χ4n) is 1.96. The van der Waals surface area contributed by atoms with Crippen LogP contribution in [0.25, 0.3) is 0 Å². The average molecular weight is 267 g/mol. The summed E-state index contributed by atoms with van der Waals surface area (Å²) in [5, 5.41) is 0. The van der Waals surface area contributed by atoms with Gasteiger partial charge in [0.25, 0.3) is 0 Å². The number of anilines is 1. The molecule has 0 bridgehead atoms. The molecule has 3 N–H and O–H groups in total. The standard InChI is InChI=1S/C12H21N5S/c1-8(2)9-6-11(16-13)15-12(14-9)10-7-18-5-4-17(10)3/h6,8,10H,4-5,7,13H2,1-3H3,(H,14,15,16). The predicted octanol–water partition coefficient (Wildman–Crippen LogP) is 1.61. The number of nitrogen functional groups attached to an aromatic ring is 1. The van der Waals surface area contributed by atoms with Crippen molar-refractivity contribution in [2.24, 2.45) is 5.84 Å². The molecule has 5 nitrogen and oxygen atoms in total. The van der Waals surface area contributed by atoms with Gasteiger partial charge in [-0.05, 0) is 13.0 Å². The van der Waals surface area contributed by atoms with E-state index < -0.39 is 0 Å². The summed E-state index contributed by atoms with van der Waals surface area (Å²) in [7, 11) is 2.13. The van der Waals surface area contributed by atoms with Crippen molar-refractivity contribution in [1.29, 1.82) is 0 Å². The Bertz CT molecular complexity index is 409. The molecule has 1 aromatic rings. The molecule has 100 valence electrons. The lowest BCUT2D eigenvalue weighted by Gasteiger charge is -2.31. The molecular weight excluding hydrogens is 246 g/mol. The summed E-state index contributed by atoms with van der Waals surface area (Å²) in [6, 6.07) is 2.21. The second kappa shape index (κ2) is 5.86. The average Bonchev–Trinajstić information content (AvgIpc) is 2.38. The molecule has 1 aromatic heterocycles. The molecule has 2 rings (SSSR count). The summed E-state index contributed by atoms with van der Waals surface area (Å²) >= 11 is 1.96. The van der Waals surface area contributed by atoms with Gasteiger partial charge >= 0.3 is 0 Å². The number of aromatic nitrogens is 2. The van der Waals surface area contributed by atoms with Crippen molar-refractivity contribution in [3.05, 3.63) is 17.6 Å². The maximum atomic E-state index is 5.49. The van der Waals surface area contributed by atoms with Crippen LogP contribution in [0.5, 0.6) is 0 Å². The fraction of sp³-hybridized carbons (Fsp3) is 0.667. The van der Waals surface area contributed by atoms with Crippen LogP contribution in [0.3, 0.4) is 0 Å². The van der Waals surface area contributed by atoms with Crippen molar-refractivity contribution in [2.75, 3.05) is 30.5 Å². The summed E-state index contributed by atoms with van der Waals surface area (Å²) in [5.74, 6) is 9.67. The molecule has 0 aromatic carbocycles. The van der Waals surface area contributed by atoms with E-state index in [1.54, 1.807) is 0 Å². The molecular formula is C12H21N5S. The molecule has 1 saturated heterocycles. The number of nitrogens with one attached hydrogen (secondary N) is 1. The smallest absolute Gasteiger partial charge is 0.149 e. The second-order valence-corrected chi connectivity index (χ2v) is 6.06. The highest BCUT2D eigenvalue weighted by atomic mass is 32.2. The Morgan fingerprint density at radius 1 is 1.50 bits per heavy atom. The Morgan fingerprint density at radius 3 is 2.89 bits per heavy atom. The van der Waals surface area contributed by atoms with Crippen molar-refractivity contribution >= 4 is 17.6 Å². The Kier molecular flexibility index (Phi) is 4.42. The first kappa shape index (κ1) is 13.6. The van der Waals surface area contributed by atoms with Gasteiger partial charge in [-0.25, -0.2) is 15.8 Å². The van der Waals surface area contributed by atoms with Crippen molar-refractivity contribution in [1.82, 2.24) is 14.9 Å². The maximum absolute atomic E-state index is 5.49. The molecule has 0 radical (unpaired) electrons. The van der Waals surface area contributed by atoms with Crippen LogP contribution in [-0.2, 0) is 0 Å². The molecule has 1 fully saturated rings. The van der Waals surface area contributed by atoms with Gasteiger partial charge in [-0.3, -0.25) is 4.90 Å². The lowest BCUT2D eigenvalue weighted by atomic mass is 10.1.